The molecule has 1 aliphatic heterocycles. The van der Waals surface area contributed by atoms with Gasteiger partial charge in [-0.3, -0.25) is 4.79 Å². The fourth-order valence-electron chi connectivity index (χ4n) is 3.46. The lowest BCUT2D eigenvalue weighted by Crippen LogP contribution is -2.29. The summed E-state index contributed by atoms with van der Waals surface area (Å²) < 4.78 is 6.97. The van der Waals surface area contributed by atoms with Crippen LogP contribution in [0.3, 0.4) is 0 Å². The van der Waals surface area contributed by atoms with E-state index in [1.165, 1.54) is 0 Å². The van der Waals surface area contributed by atoms with E-state index in [9.17, 15) is 4.79 Å². The van der Waals surface area contributed by atoms with Crippen molar-refractivity contribution < 1.29 is 9.32 Å². The first-order chi connectivity index (χ1) is 13.6. The Morgan fingerprint density at radius 3 is 3.00 bits per heavy atom. The maximum atomic E-state index is 12.9. The quantitative estimate of drug-likeness (QED) is 0.525. The summed E-state index contributed by atoms with van der Waals surface area (Å²) in [5.74, 6) is 1.59. The van der Waals surface area contributed by atoms with Crippen LogP contribution in [0.25, 0.3) is 17.2 Å². The number of hydrogen-bond donors (Lipinski definition) is 0. The maximum Gasteiger partial charge on any atom is 0.293 e. The lowest BCUT2D eigenvalue weighted by molar-refractivity contribution is 0.0778. The Kier molecular flexibility index (Phi) is 3.93. The molecule has 4 aromatic heterocycles. The van der Waals surface area contributed by atoms with Crippen LogP contribution >= 0.6 is 11.3 Å². The molecule has 0 N–H and O–H groups in total. The van der Waals surface area contributed by atoms with Gasteiger partial charge in [0.05, 0.1) is 5.56 Å². The highest BCUT2D eigenvalue weighted by Crippen LogP contribution is 2.28. The van der Waals surface area contributed by atoms with E-state index in [0.29, 0.717) is 30.6 Å². The summed E-state index contributed by atoms with van der Waals surface area (Å²) in [6, 6.07) is 3.85. The van der Waals surface area contributed by atoms with Crippen LogP contribution in [0.5, 0.6) is 0 Å². The zero-order chi connectivity index (χ0) is 19.3. The number of carbonyl (C=O) groups is 1. The van der Waals surface area contributed by atoms with Crippen molar-refractivity contribution in [1.82, 2.24) is 34.6 Å². The fraction of sp³-hybridized carbons (Fsp3) is 0.333. The average molecular weight is 395 g/mol. The fourth-order valence-corrected chi connectivity index (χ4v) is 4.09. The topological polar surface area (TPSA) is 102 Å². The number of likely N-dealkylation sites (tertiary alicyclic amines) is 1. The minimum absolute atomic E-state index is 0.0409. The number of thiophene rings is 1. The van der Waals surface area contributed by atoms with Crippen molar-refractivity contribution in [2.45, 2.75) is 26.2 Å². The van der Waals surface area contributed by atoms with Gasteiger partial charge in [-0.05, 0) is 37.8 Å². The number of fused-ring (bicyclic) bond motifs is 1. The molecule has 5 heterocycles. The Morgan fingerprint density at radius 2 is 2.18 bits per heavy atom. The standard InChI is InChI=1S/C18H17N7O2S/c1-10-7-11(2)25-18(19-10)21-15(22-25)17(26)24-5-3-12(8-24)14-20-16(27-23-14)13-4-6-28-9-13/h4,6-7,9,12H,3,5,8H2,1-2H3/t12-/m1/s1. The predicted molar refractivity (Wildman–Crippen MR) is 101 cm³/mol. The summed E-state index contributed by atoms with van der Waals surface area (Å²) >= 11 is 1.58. The van der Waals surface area contributed by atoms with Crippen LogP contribution in [0.1, 0.15) is 40.2 Å². The summed E-state index contributed by atoms with van der Waals surface area (Å²) in [7, 11) is 0. The molecule has 1 saturated heterocycles. The summed E-state index contributed by atoms with van der Waals surface area (Å²) in [5, 5.41) is 12.4. The van der Waals surface area contributed by atoms with Crippen molar-refractivity contribution in [3.8, 4) is 11.5 Å². The van der Waals surface area contributed by atoms with Gasteiger partial charge >= 0.3 is 0 Å². The molecule has 0 unspecified atom stereocenters. The van der Waals surface area contributed by atoms with Crippen molar-refractivity contribution in [2.75, 3.05) is 13.1 Å². The van der Waals surface area contributed by atoms with Crippen LogP contribution in [0, 0.1) is 13.8 Å². The van der Waals surface area contributed by atoms with Crippen LogP contribution in [-0.2, 0) is 0 Å². The lowest BCUT2D eigenvalue weighted by atomic mass is 10.1. The normalized spacial score (nSPS) is 16.9. The van der Waals surface area contributed by atoms with Crippen LogP contribution in [0.15, 0.2) is 27.4 Å². The van der Waals surface area contributed by atoms with Gasteiger partial charge in [-0.25, -0.2) is 9.50 Å². The van der Waals surface area contributed by atoms with Crippen LogP contribution in [0.4, 0.5) is 0 Å². The first-order valence-corrected chi connectivity index (χ1v) is 9.89. The Morgan fingerprint density at radius 1 is 1.29 bits per heavy atom. The minimum atomic E-state index is -0.202. The SMILES string of the molecule is Cc1cc(C)n2nc(C(=O)N3CC[C@@H](c4noc(-c5ccsc5)n4)C3)nc2n1. The zero-order valence-corrected chi connectivity index (χ0v) is 16.2. The smallest absolute Gasteiger partial charge is 0.293 e. The molecule has 0 radical (unpaired) electrons. The second kappa shape index (κ2) is 6.48. The molecule has 0 spiro atoms. The van der Waals surface area contributed by atoms with Crippen molar-refractivity contribution in [3.05, 3.63) is 45.9 Å². The number of rotatable bonds is 3. The third kappa shape index (κ3) is 2.85. The van der Waals surface area contributed by atoms with Crippen molar-refractivity contribution >= 4 is 23.0 Å². The largest absolute Gasteiger partial charge is 0.335 e. The Labute approximate surface area is 164 Å². The van der Waals surface area contributed by atoms with Crippen LogP contribution < -0.4 is 0 Å². The van der Waals surface area contributed by atoms with Gasteiger partial charge < -0.3 is 9.42 Å². The van der Waals surface area contributed by atoms with Gasteiger partial charge in [-0.1, -0.05) is 5.16 Å². The molecule has 142 valence electrons. The second-order valence-electron chi connectivity index (χ2n) is 6.89. The number of aromatic nitrogens is 6. The monoisotopic (exact) mass is 395 g/mol. The molecule has 10 heteroatoms. The van der Waals surface area contributed by atoms with E-state index in [0.717, 1.165) is 23.4 Å². The van der Waals surface area contributed by atoms with E-state index in [2.05, 4.69) is 25.2 Å². The van der Waals surface area contributed by atoms with E-state index >= 15 is 0 Å². The second-order valence-corrected chi connectivity index (χ2v) is 7.67. The van der Waals surface area contributed by atoms with Crippen molar-refractivity contribution in [3.63, 3.8) is 0 Å². The Balaban J connectivity index is 1.34. The number of hydrogen-bond acceptors (Lipinski definition) is 8. The maximum absolute atomic E-state index is 12.9. The molecule has 1 fully saturated rings. The summed E-state index contributed by atoms with van der Waals surface area (Å²) in [6.07, 6.45) is 0.776. The van der Waals surface area contributed by atoms with Gasteiger partial charge in [-0.2, -0.15) is 21.3 Å². The summed E-state index contributed by atoms with van der Waals surface area (Å²) in [4.78, 5) is 27.8. The highest BCUT2D eigenvalue weighted by molar-refractivity contribution is 7.08. The molecule has 0 aromatic carbocycles. The lowest BCUT2D eigenvalue weighted by Gasteiger charge is -2.13. The Hall–Kier alpha value is -3.14. The third-order valence-corrected chi connectivity index (χ3v) is 5.54. The van der Waals surface area contributed by atoms with Crippen molar-refractivity contribution in [2.24, 2.45) is 0 Å². The molecule has 4 aromatic rings. The van der Waals surface area contributed by atoms with Gasteiger partial charge in [-0.15, -0.1) is 5.10 Å². The number of aryl methyl sites for hydroxylation is 2. The minimum Gasteiger partial charge on any atom is -0.335 e. The van der Waals surface area contributed by atoms with E-state index in [4.69, 9.17) is 4.52 Å². The molecular weight excluding hydrogens is 378 g/mol. The predicted octanol–water partition coefficient (Wildman–Crippen LogP) is 2.48. The number of amides is 1. The van der Waals surface area contributed by atoms with Crippen LogP contribution in [0.2, 0.25) is 0 Å². The van der Waals surface area contributed by atoms with Gasteiger partial charge in [0.25, 0.3) is 17.6 Å². The summed E-state index contributed by atoms with van der Waals surface area (Å²) in [5.41, 5.74) is 2.65. The van der Waals surface area contributed by atoms with E-state index < -0.39 is 0 Å². The van der Waals surface area contributed by atoms with E-state index in [-0.39, 0.29) is 17.6 Å². The molecule has 5 rings (SSSR count). The third-order valence-electron chi connectivity index (χ3n) is 4.86. The molecular formula is C18H17N7O2S. The van der Waals surface area contributed by atoms with Crippen molar-refractivity contribution in [1.29, 1.82) is 0 Å². The summed E-state index contributed by atoms with van der Waals surface area (Å²) in [6.45, 7) is 4.93. The number of carbonyl (C=O) groups excluding carboxylic acids is 1. The van der Waals surface area contributed by atoms with Gasteiger partial charge in [0.15, 0.2) is 5.82 Å². The molecule has 0 saturated carbocycles. The van der Waals surface area contributed by atoms with Gasteiger partial charge in [0, 0.05) is 35.8 Å². The molecule has 0 bridgehead atoms. The van der Waals surface area contributed by atoms with E-state index in [1.54, 1.807) is 20.8 Å². The highest BCUT2D eigenvalue weighted by Gasteiger charge is 2.33. The molecule has 0 aliphatic carbocycles. The molecule has 1 amide bonds. The van der Waals surface area contributed by atoms with E-state index in [1.807, 2.05) is 36.7 Å². The molecule has 9 nitrogen and oxygen atoms in total. The molecule has 28 heavy (non-hydrogen) atoms. The molecule has 1 atom stereocenters. The Bertz CT molecular complexity index is 1160. The van der Waals surface area contributed by atoms with Gasteiger partial charge in [0.2, 0.25) is 5.82 Å². The number of nitrogens with zero attached hydrogens (tertiary/aromatic N) is 7. The first-order valence-electron chi connectivity index (χ1n) is 8.95. The van der Waals surface area contributed by atoms with Gasteiger partial charge in [0.1, 0.15) is 0 Å². The zero-order valence-electron chi connectivity index (χ0n) is 15.4. The van der Waals surface area contributed by atoms with Crippen LogP contribution in [-0.4, -0.2) is 53.6 Å². The molecule has 1 aliphatic rings. The average Bonchev–Trinajstić information content (AvgIpc) is 3.46. The highest BCUT2D eigenvalue weighted by atomic mass is 32.1. The first kappa shape index (κ1) is 17.0.